The molecule has 2 aromatic rings. The van der Waals surface area contributed by atoms with E-state index >= 15 is 0 Å². The number of carbonyl (C=O) groups is 2. The van der Waals surface area contributed by atoms with Gasteiger partial charge in [0.05, 0.1) is 13.1 Å². The average Bonchev–Trinajstić information content (AvgIpc) is 2.78. The van der Waals surface area contributed by atoms with Gasteiger partial charge in [-0.25, -0.2) is 0 Å². The number of rotatable bonds is 7. The fourth-order valence-electron chi connectivity index (χ4n) is 3.33. The van der Waals surface area contributed by atoms with Crippen molar-refractivity contribution in [3.8, 4) is 23.0 Å². The standard InChI is InChI=1S/C22H25N3O6/c1-2-25(13-21(26)23-15-3-5-17-19(11-15)30-9-7-28-17)14-22(27)24-16-4-6-18-20(12-16)31-10-8-29-18/h3-6,11-12H,2,7-10,13-14H2,1H3,(H,23,26)(H,24,27). The minimum Gasteiger partial charge on any atom is -0.486 e. The molecule has 2 aliphatic heterocycles. The highest BCUT2D eigenvalue weighted by atomic mass is 16.6. The first-order valence-corrected chi connectivity index (χ1v) is 10.2. The van der Waals surface area contributed by atoms with Gasteiger partial charge in [-0.15, -0.1) is 0 Å². The van der Waals surface area contributed by atoms with Gasteiger partial charge in [-0.3, -0.25) is 14.5 Å². The predicted octanol–water partition coefficient (Wildman–Crippen LogP) is 2.13. The number of fused-ring (bicyclic) bond motifs is 2. The lowest BCUT2D eigenvalue weighted by Crippen LogP contribution is -2.38. The van der Waals surface area contributed by atoms with Crippen LogP contribution < -0.4 is 29.6 Å². The average molecular weight is 427 g/mol. The predicted molar refractivity (Wildman–Crippen MR) is 114 cm³/mol. The van der Waals surface area contributed by atoms with E-state index in [-0.39, 0.29) is 24.9 Å². The highest BCUT2D eigenvalue weighted by Crippen LogP contribution is 2.33. The molecule has 0 saturated heterocycles. The molecule has 0 unspecified atom stereocenters. The van der Waals surface area contributed by atoms with E-state index in [0.29, 0.717) is 67.3 Å². The first kappa shape index (κ1) is 20.8. The highest BCUT2D eigenvalue weighted by Gasteiger charge is 2.17. The summed E-state index contributed by atoms with van der Waals surface area (Å²) < 4.78 is 22.0. The SMILES string of the molecule is CCN(CC(=O)Nc1ccc2c(c1)OCCO2)CC(=O)Nc1ccc2c(c1)OCCO2. The van der Waals surface area contributed by atoms with Crippen LogP contribution in [0.3, 0.4) is 0 Å². The topological polar surface area (TPSA) is 98.4 Å². The fraction of sp³-hybridized carbons (Fsp3) is 0.364. The molecule has 0 atom stereocenters. The Labute approximate surface area is 180 Å². The van der Waals surface area contributed by atoms with Gasteiger partial charge in [0.1, 0.15) is 26.4 Å². The zero-order chi connectivity index (χ0) is 21.6. The molecule has 2 N–H and O–H groups in total. The highest BCUT2D eigenvalue weighted by molar-refractivity contribution is 5.95. The Kier molecular flexibility index (Phi) is 6.42. The fourth-order valence-corrected chi connectivity index (χ4v) is 3.33. The Morgan fingerprint density at radius 3 is 1.58 bits per heavy atom. The van der Waals surface area contributed by atoms with E-state index in [1.54, 1.807) is 41.3 Å². The molecule has 0 saturated carbocycles. The summed E-state index contributed by atoms with van der Waals surface area (Å²) in [4.78, 5) is 26.7. The second-order valence-corrected chi connectivity index (χ2v) is 7.12. The Balaban J connectivity index is 1.29. The van der Waals surface area contributed by atoms with E-state index in [1.165, 1.54) is 0 Å². The van der Waals surface area contributed by atoms with Gasteiger partial charge >= 0.3 is 0 Å². The van der Waals surface area contributed by atoms with Gasteiger partial charge in [0, 0.05) is 23.5 Å². The van der Waals surface area contributed by atoms with Gasteiger partial charge in [-0.1, -0.05) is 6.92 Å². The molecule has 4 rings (SSSR count). The first-order valence-electron chi connectivity index (χ1n) is 10.2. The summed E-state index contributed by atoms with van der Waals surface area (Å²) in [6.45, 7) is 4.59. The van der Waals surface area contributed by atoms with Crippen molar-refractivity contribution in [3.05, 3.63) is 36.4 Å². The number of hydrogen-bond acceptors (Lipinski definition) is 7. The van der Waals surface area contributed by atoms with E-state index in [9.17, 15) is 9.59 Å². The summed E-state index contributed by atoms with van der Waals surface area (Å²) in [5.74, 6) is 2.10. The summed E-state index contributed by atoms with van der Waals surface area (Å²) in [5.41, 5.74) is 1.23. The molecule has 31 heavy (non-hydrogen) atoms. The van der Waals surface area contributed by atoms with Crippen LogP contribution >= 0.6 is 0 Å². The molecule has 2 heterocycles. The van der Waals surface area contributed by atoms with Crippen molar-refractivity contribution in [1.82, 2.24) is 4.90 Å². The van der Waals surface area contributed by atoms with Crippen LogP contribution in [-0.4, -0.2) is 62.8 Å². The Morgan fingerprint density at radius 2 is 1.16 bits per heavy atom. The number of likely N-dealkylation sites (N-methyl/N-ethyl adjacent to an activating group) is 1. The third-order valence-electron chi connectivity index (χ3n) is 4.83. The lowest BCUT2D eigenvalue weighted by Gasteiger charge is -2.21. The molecule has 164 valence electrons. The molecule has 0 aromatic heterocycles. The van der Waals surface area contributed by atoms with Crippen molar-refractivity contribution in [2.24, 2.45) is 0 Å². The minimum atomic E-state index is -0.217. The monoisotopic (exact) mass is 427 g/mol. The Hall–Kier alpha value is -3.46. The maximum absolute atomic E-state index is 12.5. The zero-order valence-electron chi connectivity index (χ0n) is 17.3. The van der Waals surface area contributed by atoms with Gasteiger partial charge < -0.3 is 29.6 Å². The number of hydrogen-bond donors (Lipinski definition) is 2. The van der Waals surface area contributed by atoms with Gasteiger partial charge in [0.15, 0.2) is 23.0 Å². The smallest absolute Gasteiger partial charge is 0.238 e. The Morgan fingerprint density at radius 1 is 0.742 bits per heavy atom. The third kappa shape index (κ3) is 5.37. The quantitative estimate of drug-likeness (QED) is 0.699. The van der Waals surface area contributed by atoms with Crippen LogP contribution in [0.5, 0.6) is 23.0 Å². The molecule has 0 fully saturated rings. The molecule has 0 spiro atoms. The van der Waals surface area contributed by atoms with E-state index in [4.69, 9.17) is 18.9 Å². The van der Waals surface area contributed by atoms with E-state index < -0.39 is 0 Å². The van der Waals surface area contributed by atoms with Crippen LogP contribution in [0.2, 0.25) is 0 Å². The van der Waals surface area contributed by atoms with Crippen LogP contribution in [-0.2, 0) is 9.59 Å². The lowest BCUT2D eigenvalue weighted by atomic mass is 10.2. The molecular formula is C22H25N3O6. The third-order valence-corrected chi connectivity index (χ3v) is 4.83. The largest absolute Gasteiger partial charge is 0.486 e. The molecule has 0 aliphatic carbocycles. The van der Waals surface area contributed by atoms with Crippen molar-refractivity contribution in [1.29, 1.82) is 0 Å². The second-order valence-electron chi connectivity index (χ2n) is 7.12. The van der Waals surface area contributed by atoms with Crippen molar-refractivity contribution >= 4 is 23.2 Å². The van der Waals surface area contributed by atoms with Crippen LogP contribution in [0.1, 0.15) is 6.92 Å². The van der Waals surface area contributed by atoms with Crippen molar-refractivity contribution < 1.29 is 28.5 Å². The zero-order valence-corrected chi connectivity index (χ0v) is 17.3. The molecule has 0 bridgehead atoms. The van der Waals surface area contributed by atoms with Gasteiger partial charge in [-0.05, 0) is 30.8 Å². The number of ether oxygens (including phenoxy) is 4. The number of anilines is 2. The number of benzene rings is 2. The molecule has 0 radical (unpaired) electrons. The molecule has 2 aliphatic rings. The van der Waals surface area contributed by atoms with Crippen molar-refractivity contribution in [2.75, 3.05) is 56.7 Å². The Bertz CT molecular complexity index is 889. The maximum Gasteiger partial charge on any atom is 0.238 e. The molecule has 9 nitrogen and oxygen atoms in total. The van der Waals surface area contributed by atoms with Crippen LogP contribution in [0.4, 0.5) is 11.4 Å². The van der Waals surface area contributed by atoms with Crippen LogP contribution in [0.25, 0.3) is 0 Å². The van der Waals surface area contributed by atoms with E-state index in [2.05, 4.69) is 10.6 Å². The van der Waals surface area contributed by atoms with Gasteiger partial charge in [-0.2, -0.15) is 0 Å². The summed E-state index contributed by atoms with van der Waals surface area (Å²) in [6, 6.07) is 10.5. The van der Waals surface area contributed by atoms with Crippen molar-refractivity contribution in [3.63, 3.8) is 0 Å². The van der Waals surface area contributed by atoms with E-state index in [0.717, 1.165) is 0 Å². The summed E-state index contributed by atoms with van der Waals surface area (Å²) in [7, 11) is 0. The van der Waals surface area contributed by atoms with Crippen LogP contribution in [0.15, 0.2) is 36.4 Å². The summed E-state index contributed by atoms with van der Waals surface area (Å²) in [5, 5.41) is 5.67. The van der Waals surface area contributed by atoms with Gasteiger partial charge in [0.25, 0.3) is 0 Å². The molecule has 9 heteroatoms. The molecule has 2 amide bonds. The second kappa shape index (κ2) is 9.57. The maximum atomic E-state index is 12.5. The molecular weight excluding hydrogens is 402 g/mol. The summed E-state index contributed by atoms with van der Waals surface area (Å²) in [6.07, 6.45) is 0. The molecule has 2 aromatic carbocycles. The summed E-state index contributed by atoms with van der Waals surface area (Å²) >= 11 is 0. The number of nitrogens with zero attached hydrogens (tertiary/aromatic N) is 1. The minimum absolute atomic E-state index is 0.0828. The number of nitrogens with one attached hydrogen (secondary N) is 2. The lowest BCUT2D eigenvalue weighted by molar-refractivity contribution is -0.119. The van der Waals surface area contributed by atoms with Gasteiger partial charge in [0.2, 0.25) is 11.8 Å². The first-order chi connectivity index (χ1) is 15.1. The van der Waals surface area contributed by atoms with Crippen LogP contribution in [0, 0.1) is 0 Å². The number of carbonyl (C=O) groups excluding carboxylic acids is 2. The normalized spacial score (nSPS) is 14.1. The van der Waals surface area contributed by atoms with E-state index in [1.807, 2.05) is 6.92 Å². The number of amides is 2. The van der Waals surface area contributed by atoms with Crippen molar-refractivity contribution in [2.45, 2.75) is 6.92 Å².